The number of rotatable bonds is 6. The first-order valence-corrected chi connectivity index (χ1v) is 11.7. The SMILES string of the molecule is CCN(CC)c1ccc(C2(OC)c3ccccc3N(c3ccccc3)c3ccccc32)cc1. The number of benzene rings is 4. The molecular formula is C30H30N2O. The van der Waals surface area contributed by atoms with Crippen LogP contribution in [-0.2, 0) is 10.3 Å². The van der Waals surface area contributed by atoms with E-state index in [1.807, 2.05) is 7.11 Å². The van der Waals surface area contributed by atoms with E-state index in [4.69, 9.17) is 4.74 Å². The van der Waals surface area contributed by atoms with Gasteiger partial charge in [0.15, 0.2) is 0 Å². The number of methoxy groups -OCH3 is 1. The van der Waals surface area contributed by atoms with Crippen LogP contribution >= 0.6 is 0 Å². The number of hydrogen-bond donors (Lipinski definition) is 0. The first kappa shape index (κ1) is 21.3. The number of para-hydroxylation sites is 3. The standard InChI is InChI=1S/C30H30N2O/c1-4-31(5-2)24-21-19-23(20-22-24)30(33-3)26-15-9-11-17-28(26)32(25-13-7-6-8-14-25)29-18-12-10-16-27(29)30/h6-22H,4-5H2,1-3H3. The van der Waals surface area contributed by atoms with Crippen LogP contribution in [0.5, 0.6) is 0 Å². The fourth-order valence-corrected chi connectivity index (χ4v) is 5.21. The molecule has 33 heavy (non-hydrogen) atoms. The Bertz CT molecular complexity index is 1180. The summed E-state index contributed by atoms with van der Waals surface area (Å²) in [6.45, 7) is 6.37. The van der Waals surface area contributed by atoms with Crippen molar-refractivity contribution in [2.24, 2.45) is 0 Å². The molecule has 0 amide bonds. The average molecular weight is 435 g/mol. The van der Waals surface area contributed by atoms with E-state index in [1.54, 1.807) is 0 Å². The first-order valence-electron chi connectivity index (χ1n) is 11.7. The molecule has 0 bridgehead atoms. The Hall–Kier alpha value is -3.56. The Labute approximate surface area is 196 Å². The van der Waals surface area contributed by atoms with Gasteiger partial charge in [-0.25, -0.2) is 0 Å². The summed E-state index contributed by atoms with van der Waals surface area (Å²) in [5.74, 6) is 0. The summed E-state index contributed by atoms with van der Waals surface area (Å²) in [5.41, 5.74) is 7.37. The summed E-state index contributed by atoms with van der Waals surface area (Å²) in [7, 11) is 1.82. The Balaban J connectivity index is 1.76. The van der Waals surface area contributed by atoms with Crippen molar-refractivity contribution in [1.82, 2.24) is 0 Å². The number of ether oxygens (including phenoxy) is 1. The summed E-state index contributed by atoms with van der Waals surface area (Å²) in [5, 5.41) is 0. The van der Waals surface area contributed by atoms with Crippen molar-refractivity contribution in [2.75, 3.05) is 30.0 Å². The molecule has 0 radical (unpaired) electrons. The van der Waals surface area contributed by atoms with Crippen LogP contribution in [0.3, 0.4) is 0 Å². The minimum atomic E-state index is -0.694. The lowest BCUT2D eigenvalue weighted by Gasteiger charge is -2.45. The maximum Gasteiger partial charge on any atom is 0.147 e. The minimum absolute atomic E-state index is 0.694. The summed E-state index contributed by atoms with van der Waals surface area (Å²) in [6.07, 6.45) is 0. The Morgan fingerprint density at radius 3 is 1.70 bits per heavy atom. The van der Waals surface area contributed by atoms with Gasteiger partial charge in [0.05, 0.1) is 11.4 Å². The fourth-order valence-electron chi connectivity index (χ4n) is 5.21. The molecule has 0 spiro atoms. The van der Waals surface area contributed by atoms with E-state index in [-0.39, 0.29) is 0 Å². The van der Waals surface area contributed by atoms with Crippen molar-refractivity contribution in [2.45, 2.75) is 19.4 Å². The lowest BCUT2D eigenvalue weighted by atomic mass is 9.75. The molecule has 5 rings (SSSR count). The molecule has 1 heterocycles. The van der Waals surface area contributed by atoms with Gasteiger partial charge < -0.3 is 14.5 Å². The summed E-state index contributed by atoms with van der Waals surface area (Å²) in [4.78, 5) is 4.70. The monoisotopic (exact) mass is 434 g/mol. The molecule has 0 unspecified atom stereocenters. The molecule has 1 aliphatic rings. The third-order valence-corrected chi connectivity index (χ3v) is 6.77. The Morgan fingerprint density at radius 1 is 0.667 bits per heavy atom. The van der Waals surface area contributed by atoms with Gasteiger partial charge in [-0.15, -0.1) is 0 Å². The van der Waals surface area contributed by atoms with Crippen LogP contribution in [0.2, 0.25) is 0 Å². The molecule has 0 aliphatic carbocycles. The van der Waals surface area contributed by atoms with Gasteiger partial charge in [-0.3, -0.25) is 0 Å². The van der Waals surface area contributed by atoms with Crippen molar-refractivity contribution >= 4 is 22.7 Å². The lowest BCUT2D eigenvalue weighted by Crippen LogP contribution is -2.38. The van der Waals surface area contributed by atoms with Crippen LogP contribution < -0.4 is 9.80 Å². The second-order valence-corrected chi connectivity index (χ2v) is 8.31. The Morgan fingerprint density at radius 2 is 1.18 bits per heavy atom. The molecule has 4 aromatic carbocycles. The van der Waals surface area contributed by atoms with Gasteiger partial charge in [-0.1, -0.05) is 66.7 Å². The minimum Gasteiger partial charge on any atom is -0.372 e. The van der Waals surface area contributed by atoms with Crippen LogP contribution in [-0.4, -0.2) is 20.2 Å². The zero-order chi connectivity index (χ0) is 22.8. The van der Waals surface area contributed by atoms with Crippen LogP contribution in [0.1, 0.15) is 30.5 Å². The lowest BCUT2D eigenvalue weighted by molar-refractivity contribution is 0.0582. The van der Waals surface area contributed by atoms with Crippen molar-refractivity contribution in [3.8, 4) is 0 Å². The van der Waals surface area contributed by atoms with Gasteiger partial charge in [0.1, 0.15) is 5.60 Å². The highest BCUT2D eigenvalue weighted by atomic mass is 16.5. The van der Waals surface area contributed by atoms with Crippen molar-refractivity contribution in [3.63, 3.8) is 0 Å². The Kier molecular flexibility index (Phi) is 5.65. The molecule has 0 aromatic heterocycles. The van der Waals surface area contributed by atoms with E-state index in [2.05, 4.69) is 127 Å². The number of anilines is 4. The zero-order valence-electron chi connectivity index (χ0n) is 19.5. The quantitative estimate of drug-likeness (QED) is 0.318. The predicted octanol–water partition coefficient (Wildman–Crippen LogP) is 7.25. The highest BCUT2D eigenvalue weighted by Gasteiger charge is 2.45. The van der Waals surface area contributed by atoms with E-state index in [9.17, 15) is 0 Å². The van der Waals surface area contributed by atoms with Gasteiger partial charge in [0.2, 0.25) is 0 Å². The van der Waals surface area contributed by atoms with E-state index in [1.165, 1.54) is 5.69 Å². The molecule has 4 aromatic rings. The molecule has 0 saturated carbocycles. The smallest absolute Gasteiger partial charge is 0.147 e. The largest absolute Gasteiger partial charge is 0.372 e. The van der Waals surface area contributed by atoms with E-state index < -0.39 is 5.60 Å². The topological polar surface area (TPSA) is 15.7 Å². The molecule has 0 N–H and O–H groups in total. The second kappa shape index (κ2) is 8.76. The van der Waals surface area contributed by atoms with Gasteiger partial charge in [0.25, 0.3) is 0 Å². The molecule has 1 aliphatic heterocycles. The molecule has 0 atom stereocenters. The molecule has 3 nitrogen and oxygen atoms in total. The highest BCUT2D eigenvalue weighted by molar-refractivity contribution is 5.86. The summed E-state index contributed by atoms with van der Waals surface area (Å²) >= 11 is 0. The number of hydrogen-bond acceptors (Lipinski definition) is 3. The maximum atomic E-state index is 6.51. The molecule has 0 saturated heterocycles. The van der Waals surface area contributed by atoms with E-state index in [0.29, 0.717) is 0 Å². The zero-order valence-corrected chi connectivity index (χ0v) is 19.5. The third kappa shape index (κ3) is 3.32. The molecule has 3 heteroatoms. The van der Waals surface area contributed by atoms with Gasteiger partial charge in [-0.05, 0) is 55.8 Å². The predicted molar refractivity (Wildman–Crippen MR) is 138 cm³/mol. The van der Waals surface area contributed by atoms with Crippen LogP contribution in [0.15, 0.2) is 103 Å². The average Bonchev–Trinajstić information content (AvgIpc) is 2.89. The second-order valence-electron chi connectivity index (χ2n) is 8.31. The number of nitrogens with zero attached hydrogens (tertiary/aromatic N) is 2. The third-order valence-electron chi connectivity index (χ3n) is 6.77. The fraction of sp³-hybridized carbons (Fsp3) is 0.200. The van der Waals surface area contributed by atoms with Crippen LogP contribution in [0, 0.1) is 0 Å². The summed E-state index contributed by atoms with van der Waals surface area (Å²) < 4.78 is 6.51. The molecular weight excluding hydrogens is 404 g/mol. The summed E-state index contributed by atoms with van der Waals surface area (Å²) in [6, 6.07) is 36.6. The van der Waals surface area contributed by atoms with Gasteiger partial charge in [0, 0.05) is 42.7 Å². The highest BCUT2D eigenvalue weighted by Crippen LogP contribution is 2.54. The normalized spacial score (nSPS) is 13.8. The first-order chi connectivity index (χ1) is 16.2. The van der Waals surface area contributed by atoms with Gasteiger partial charge >= 0.3 is 0 Å². The van der Waals surface area contributed by atoms with Gasteiger partial charge in [-0.2, -0.15) is 0 Å². The van der Waals surface area contributed by atoms with Crippen LogP contribution in [0.25, 0.3) is 0 Å². The maximum absolute atomic E-state index is 6.51. The van der Waals surface area contributed by atoms with E-state index in [0.717, 1.165) is 46.8 Å². The van der Waals surface area contributed by atoms with E-state index >= 15 is 0 Å². The van der Waals surface area contributed by atoms with Crippen molar-refractivity contribution in [1.29, 1.82) is 0 Å². The van der Waals surface area contributed by atoms with Crippen LogP contribution in [0.4, 0.5) is 22.7 Å². The number of fused-ring (bicyclic) bond motifs is 2. The van der Waals surface area contributed by atoms with Crippen molar-refractivity contribution < 1.29 is 4.74 Å². The molecule has 0 fully saturated rings. The van der Waals surface area contributed by atoms with Crippen molar-refractivity contribution in [3.05, 3.63) is 120 Å². The molecule has 166 valence electrons.